The van der Waals surface area contributed by atoms with E-state index in [1.54, 1.807) is 37.5 Å². The van der Waals surface area contributed by atoms with Gasteiger partial charge in [-0.15, -0.1) is 0 Å². The monoisotopic (exact) mass is 338 g/mol. The zero-order chi connectivity index (χ0) is 18.2. The van der Waals surface area contributed by atoms with Crippen molar-refractivity contribution in [3.63, 3.8) is 0 Å². The standard InChI is InChI=1S/C20H22N2O3/c1-14(2)16-7-4-15(5-8-16)6-13-19(23)21-22-20(24)17-9-11-18(25-3)12-10-17/h4-14H,1-3H3,(H,21,23)(H,22,24)/b13-6+. The molecule has 130 valence electrons. The minimum atomic E-state index is -0.408. The number of rotatable bonds is 5. The van der Waals surface area contributed by atoms with Crippen LogP contribution in [0.2, 0.25) is 0 Å². The predicted octanol–water partition coefficient (Wildman–Crippen LogP) is 3.29. The molecular formula is C20H22N2O3. The van der Waals surface area contributed by atoms with Crippen molar-refractivity contribution in [2.24, 2.45) is 0 Å². The van der Waals surface area contributed by atoms with E-state index in [0.29, 0.717) is 17.2 Å². The Labute approximate surface area is 147 Å². The average Bonchev–Trinajstić information content (AvgIpc) is 2.64. The van der Waals surface area contributed by atoms with Gasteiger partial charge in [0.05, 0.1) is 7.11 Å². The van der Waals surface area contributed by atoms with Gasteiger partial charge in [0.15, 0.2) is 0 Å². The van der Waals surface area contributed by atoms with Crippen molar-refractivity contribution in [2.45, 2.75) is 19.8 Å². The second-order valence-electron chi connectivity index (χ2n) is 5.83. The van der Waals surface area contributed by atoms with Crippen LogP contribution in [0.25, 0.3) is 6.08 Å². The minimum Gasteiger partial charge on any atom is -0.497 e. The molecule has 0 saturated heterocycles. The fraction of sp³-hybridized carbons (Fsp3) is 0.200. The molecule has 0 unspecified atom stereocenters. The summed E-state index contributed by atoms with van der Waals surface area (Å²) in [6, 6.07) is 14.6. The first-order chi connectivity index (χ1) is 12.0. The normalized spacial score (nSPS) is 10.7. The first kappa shape index (κ1) is 18.3. The van der Waals surface area contributed by atoms with Crippen molar-refractivity contribution in [3.05, 3.63) is 71.3 Å². The molecule has 0 aliphatic heterocycles. The van der Waals surface area contributed by atoms with Crippen LogP contribution in [0.1, 0.15) is 41.3 Å². The van der Waals surface area contributed by atoms with Gasteiger partial charge in [0.2, 0.25) is 0 Å². The van der Waals surface area contributed by atoms with Gasteiger partial charge in [0.1, 0.15) is 5.75 Å². The van der Waals surface area contributed by atoms with Crippen molar-refractivity contribution in [3.8, 4) is 5.75 Å². The lowest BCUT2D eigenvalue weighted by Gasteiger charge is -2.06. The van der Waals surface area contributed by atoms with Gasteiger partial charge in [0, 0.05) is 11.6 Å². The molecule has 5 nitrogen and oxygen atoms in total. The van der Waals surface area contributed by atoms with Gasteiger partial charge in [0.25, 0.3) is 11.8 Å². The van der Waals surface area contributed by atoms with Crippen molar-refractivity contribution in [1.29, 1.82) is 0 Å². The highest BCUT2D eigenvalue weighted by Gasteiger charge is 2.06. The van der Waals surface area contributed by atoms with E-state index >= 15 is 0 Å². The van der Waals surface area contributed by atoms with E-state index in [-0.39, 0.29) is 0 Å². The molecule has 0 aromatic heterocycles. The number of carbonyl (C=O) groups is 2. The van der Waals surface area contributed by atoms with Crippen LogP contribution < -0.4 is 15.6 Å². The SMILES string of the molecule is COc1ccc(C(=O)NNC(=O)/C=C/c2ccc(C(C)C)cc2)cc1. The number of hydrogen-bond donors (Lipinski definition) is 2. The van der Waals surface area contributed by atoms with Crippen molar-refractivity contribution >= 4 is 17.9 Å². The zero-order valence-electron chi connectivity index (χ0n) is 14.6. The summed E-state index contributed by atoms with van der Waals surface area (Å²) in [6.45, 7) is 4.26. The van der Waals surface area contributed by atoms with Crippen LogP contribution in [0.3, 0.4) is 0 Å². The van der Waals surface area contributed by atoms with Crippen LogP contribution in [-0.2, 0) is 4.79 Å². The molecule has 5 heteroatoms. The second kappa shape index (κ2) is 8.68. The van der Waals surface area contributed by atoms with Gasteiger partial charge in [-0.05, 0) is 47.4 Å². The number of hydrazine groups is 1. The number of benzene rings is 2. The van der Waals surface area contributed by atoms with Crippen LogP contribution in [0.4, 0.5) is 0 Å². The fourth-order valence-corrected chi connectivity index (χ4v) is 2.14. The van der Waals surface area contributed by atoms with E-state index in [9.17, 15) is 9.59 Å². The number of carbonyl (C=O) groups excluding carboxylic acids is 2. The molecule has 25 heavy (non-hydrogen) atoms. The van der Waals surface area contributed by atoms with E-state index in [2.05, 4.69) is 24.7 Å². The number of nitrogens with one attached hydrogen (secondary N) is 2. The van der Waals surface area contributed by atoms with Crippen LogP contribution in [0.5, 0.6) is 5.75 Å². The average molecular weight is 338 g/mol. The molecule has 2 N–H and O–H groups in total. The first-order valence-corrected chi connectivity index (χ1v) is 8.02. The summed E-state index contributed by atoms with van der Waals surface area (Å²) in [4.78, 5) is 23.7. The molecule has 0 aliphatic rings. The smallest absolute Gasteiger partial charge is 0.269 e. The van der Waals surface area contributed by atoms with Crippen LogP contribution >= 0.6 is 0 Å². The molecule has 0 radical (unpaired) electrons. The largest absolute Gasteiger partial charge is 0.497 e. The lowest BCUT2D eigenvalue weighted by atomic mass is 10.0. The Bertz CT molecular complexity index is 748. The minimum absolute atomic E-state index is 0.398. The number of hydrogen-bond acceptors (Lipinski definition) is 3. The van der Waals surface area contributed by atoms with Crippen LogP contribution in [0.15, 0.2) is 54.6 Å². The fourth-order valence-electron chi connectivity index (χ4n) is 2.14. The van der Waals surface area contributed by atoms with Gasteiger partial charge in [-0.2, -0.15) is 0 Å². The van der Waals surface area contributed by atoms with Gasteiger partial charge in [-0.3, -0.25) is 20.4 Å². The lowest BCUT2D eigenvalue weighted by molar-refractivity contribution is -0.117. The Balaban J connectivity index is 1.85. The molecule has 0 fully saturated rings. The summed E-state index contributed by atoms with van der Waals surface area (Å²) in [5.74, 6) is 0.321. The topological polar surface area (TPSA) is 67.4 Å². The third-order valence-electron chi connectivity index (χ3n) is 3.68. The maximum Gasteiger partial charge on any atom is 0.269 e. The molecule has 2 aromatic carbocycles. The molecule has 2 aromatic rings. The maximum absolute atomic E-state index is 11.9. The van der Waals surface area contributed by atoms with E-state index in [1.807, 2.05) is 24.3 Å². The summed E-state index contributed by atoms with van der Waals surface area (Å²) in [6.07, 6.45) is 3.07. The molecule has 2 rings (SSSR count). The van der Waals surface area contributed by atoms with Gasteiger partial charge in [-0.1, -0.05) is 38.1 Å². The highest BCUT2D eigenvalue weighted by molar-refractivity contribution is 5.97. The zero-order valence-corrected chi connectivity index (χ0v) is 14.6. The Morgan fingerprint density at radius 1 is 0.960 bits per heavy atom. The molecule has 0 heterocycles. The van der Waals surface area contributed by atoms with E-state index in [1.165, 1.54) is 11.6 Å². The Hall–Kier alpha value is -3.08. The molecule has 0 atom stereocenters. The molecule has 0 bridgehead atoms. The third kappa shape index (κ3) is 5.49. The summed E-state index contributed by atoms with van der Waals surface area (Å²) in [7, 11) is 1.55. The Morgan fingerprint density at radius 3 is 2.16 bits per heavy atom. The molecule has 0 saturated carbocycles. The number of amides is 2. The molecule has 0 spiro atoms. The third-order valence-corrected chi connectivity index (χ3v) is 3.68. The summed E-state index contributed by atoms with van der Waals surface area (Å²) in [5.41, 5.74) is 7.31. The summed E-state index contributed by atoms with van der Waals surface area (Å²) in [5, 5.41) is 0. The quantitative estimate of drug-likeness (QED) is 0.649. The molecule has 2 amide bonds. The second-order valence-corrected chi connectivity index (χ2v) is 5.83. The lowest BCUT2D eigenvalue weighted by Crippen LogP contribution is -2.40. The Kier molecular flexibility index (Phi) is 6.34. The van der Waals surface area contributed by atoms with Gasteiger partial charge in [-0.25, -0.2) is 0 Å². The highest BCUT2D eigenvalue weighted by atomic mass is 16.5. The molecular weight excluding hydrogens is 316 g/mol. The number of ether oxygens (including phenoxy) is 1. The predicted molar refractivity (Wildman–Crippen MR) is 98.2 cm³/mol. The van der Waals surface area contributed by atoms with Gasteiger partial charge >= 0.3 is 0 Å². The van der Waals surface area contributed by atoms with Crippen molar-refractivity contribution < 1.29 is 14.3 Å². The number of methoxy groups -OCH3 is 1. The first-order valence-electron chi connectivity index (χ1n) is 8.02. The van der Waals surface area contributed by atoms with E-state index in [4.69, 9.17) is 4.74 Å². The molecule has 0 aliphatic carbocycles. The van der Waals surface area contributed by atoms with E-state index < -0.39 is 11.8 Å². The van der Waals surface area contributed by atoms with Gasteiger partial charge < -0.3 is 4.74 Å². The maximum atomic E-state index is 11.9. The Morgan fingerprint density at radius 2 is 1.60 bits per heavy atom. The highest BCUT2D eigenvalue weighted by Crippen LogP contribution is 2.15. The van der Waals surface area contributed by atoms with Crippen molar-refractivity contribution in [1.82, 2.24) is 10.9 Å². The van der Waals surface area contributed by atoms with Crippen LogP contribution in [0, 0.1) is 0 Å². The van der Waals surface area contributed by atoms with E-state index in [0.717, 1.165) is 5.56 Å². The summed E-state index contributed by atoms with van der Waals surface area (Å²) >= 11 is 0. The summed E-state index contributed by atoms with van der Waals surface area (Å²) < 4.78 is 5.03. The van der Waals surface area contributed by atoms with Crippen LogP contribution in [-0.4, -0.2) is 18.9 Å². The van der Waals surface area contributed by atoms with Crippen molar-refractivity contribution in [2.75, 3.05) is 7.11 Å².